The second-order valence-corrected chi connectivity index (χ2v) is 6.67. The van der Waals surface area contributed by atoms with Crippen molar-refractivity contribution in [3.8, 4) is 5.75 Å². The summed E-state index contributed by atoms with van der Waals surface area (Å²) in [5, 5.41) is 2.50. The van der Waals surface area contributed by atoms with Gasteiger partial charge in [0.1, 0.15) is 5.75 Å². The third kappa shape index (κ3) is 3.09. The number of hydrogen-bond acceptors (Lipinski definition) is 3. The van der Waals surface area contributed by atoms with Gasteiger partial charge in [-0.05, 0) is 69.2 Å². The summed E-state index contributed by atoms with van der Waals surface area (Å²) in [5.74, 6) is 0.974. The van der Waals surface area contributed by atoms with Crippen molar-refractivity contribution >= 4 is 0 Å². The number of piperidine rings is 1. The van der Waals surface area contributed by atoms with Crippen LogP contribution in [0.5, 0.6) is 5.75 Å². The van der Waals surface area contributed by atoms with E-state index in [9.17, 15) is 0 Å². The molecule has 3 nitrogen and oxygen atoms in total. The maximum atomic E-state index is 5.42. The van der Waals surface area contributed by atoms with Crippen LogP contribution in [0.15, 0.2) is 18.2 Å². The van der Waals surface area contributed by atoms with Crippen molar-refractivity contribution in [2.24, 2.45) is 0 Å². The zero-order valence-corrected chi connectivity index (χ0v) is 13.6. The predicted molar refractivity (Wildman–Crippen MR) is 86.4 cm³/mol. The number of fused-ring (bicyclic) bond motifs is 1. The third-order valence-electron chi connectivity index (χ3n) is 5.17. The molecule has 0 amide bonds. The molecule has 3 unspecified atom stereocenters. The quantitative estimate of drug-likeness (QED) is 0.914. The normalized spacial score (nSPS) is 30.0. The molecular weight excluding hydrogens is 260 g/mol. The minimum absolute atomic E-state index is 0.437. The molecule has 0 radical (unpaired) electrons. The molecule has 1 N–H and O–H groups in total. The fourth-order valence-electron chi connectivity index (χ4n) is 3.89. The molecule has 0 aromatic heterocycles. The Morgan fingerprint density at radius 2 is 1.86 bits per heavy atom. The Balaban J connectivity index is 1.81. The second-order valence-electron chi connectivity index (χ2n) is 6.67. The van der Waals surface area contributed by atoms with E-state index in [2.05, 4.69) is 42.5 Å². The first kappa shape index (κ1) is 14.9. The minimum Gasteiger partial charge on any atom is -0.497 e. The van der Waals surface area contributed by atoms with Crippen LogP contribution in [0.4, 0.5) is 0 Å². The van der Waals surface area contributed by atoms with Crippen LogP contribution in [-0.2, 0) is 6.42 Å². The minimum atomic E-state index is 0.437. The summed E-state index contributed by atoms with van der Waals surface area (Å²) in [5.41, 5.74) is 6.76. The summed E-state index contributed by atoms with van der Waals surface area (Å²) in [6, 6.07) is 8.26. The van der Waals surface area contributed by atoms with Crippen molar-refractivity contribution < 1.29 is 4.74 Å². The number of hydrogen-bond donors (Lipinski definition) is 1. The molecule has 116 valence electrons. The molecule has 1 saturated heterocycles. The van der Waals surface area contributed by atoms with E-state index in [0.717, 1.165) is 5.75 Å². The first-order valence-corrected chi connectivity index (χ1v) is 8.40. The number of rotatable bonds is 3. The Hall–Kier alpha value is -1.06. The number of nitrogens with one attached hydrogen (secondary N) is 1. The SMILES string of the molecule is COc1ccc2c(c1)C(NN1C(C)CCCC1C)CCC2. The third-order valence-corrected chi connectivity index (χ3v) is 5.17. The molecule has 1 heterocycles. The smallest absolute Gasteiger partial charge is 0.119 e. The average Bonchev–Trinajstić information content (AvgIpc) is 2.50. The lowest BCUT2D eigenvalue weighted by atomic mass is 9.87. The molecule has 1 aromatic rings. The first-order chi connectivity index (χ1) is 10.2. The molecule has 0 bridgehead atoms. The molecule has 0 spiro atoms. The van der Waals surface area contributed by atoms with Gasteiger partial charge < -0.3 is 4.74 Å². The summed E-state index contributed by atoms with van der Waals surface area (Å²) in [7, 11) is 1.75. The lowest BCUT2D eigenvalue weighted by Crippen LogP contribution is -2.53. The van der Waals surface area contributed by atoms with Gasteiger partial charge in [0, 0.05) is 18.1 Å². The van der Waals surface area contributed by atoms with Gasteiger partial charge in [-0.25, -0.2) is 10.4 Å². The van der Waals surface area contributed by atoms with E-state index in [-0.39, 0.29) is 0 Å². The molecular formula is C18H28N2O. The summed E-state index contributed by atoms with van der Waals surface area (Å²) >= 11 is 0. The number of methoxy groups -OCH3 is 1. The van der Waals surface area contributed by atoms with E-state index in [0.29, 0.717) is 18.1 Å². The summed E-state index contributed by atoms with van der Waals surface area (Å²) in [6.07, 6.45) is 7.64. The molecule has 1 aromatic carbocycles. The van der Waals surface area contributed by atoms with E-state index >= 15 is 0 Å². The number of aryl methyl sites for hydroxylation is 1. The summed E-state index contributed by atoms with van der Waals surface area (Å²) in [4.78, 5) is 0. The van der Waals surface area contributed by atoms with Gasteiger partial charge in [-0.2, -0.15) is 0 Å². The van der Waals surface area contributed by atoms with Crippen molar-refractivity contribution in [1.29, 1.82) is 0 Å². The van der Waals surface area contributed by atoms with Gasteiger partial charge in [0.15, 0.2) is 0 Å². The van der Waals surface area contributed by atoms with Gasteiger partial charge in [-0.15, -0.1) is 0 Å². The van der Waals surface area contributed by atoms with E-state index in [4.69, 9.17) is 4.74 Å². The lowest BCUT2D eigenvalue weighted by molar-refractivity contribution is 0.0261. The predicted octanol–water partition coefficient (Wildman–Crippen LogP) is 3.84. The fourth-order valence-corrected chi connectivity index (χ4v) is 3.89. The first-order valence-electron chi connectivity index (χ1n) is 8.40. The van der Waals surface area contributed by atoms with E-state index < -0.39 is 0 Å². The maximum Gasteiger partial charge on any atom is 0.119 e. The molecule has 1 aliphatic heterocycles. The van der Waals surface area contributed by atoms with Crippen LogP contribution < -0.4 is 10.2 Å². The van der Waals surface area contributed by atoms with Crippen LogP contribution in [0.2, 0.25) is 0 Å². The summed E-state index contributed by atoms with van der Waals surface area (Å²) < 4.78 is 5.42. The van der Waals surface area contributed by atoms with E-state index in [1.54, 1.807) is 7.11 Å². The molecule has 1 fully saturated rings. The van der Waals surface area contributed by atoms with Gasteiger partial charge in [-0.1, -0.05) is 12.5 Å². The van der Waals surface area contributed by atoms with Gasteiger partial charge >= 0.3 is 0 Å². The molecule has 3 atom stereocenters. The van der Waals surface area contributed by atoms with E-state index in [1.807, 2.05) is 0 Å². The highest BCUT2D eigenvalue weighted by Crippen LogP contribution is 2.34. The van der Waals surface area contributed by atoms with E-state index in [1.165, 1.54) is 49.7 Å². The van der Waals surface area contributed by atoms with Crippen molar-refractivity contribution in [2.45, 2.75) is 70.5 Å². The zero-order chi connectivity index (χ0) is 14.8. The van der Waals surface area contributed by atoms with Gasteiger partial charge in [0.05, 0.1) is 7.11 Å². The van der Waals surface area contributed by atoms with Crippen LogP contribution in [0.1, 0.15) is 63.1 Å². The standard InChI is InChI=1S/C18H28N2O/c1-13-6-4-7-14(2)20(13)19-18-9-5-8-15-10-11-16(21-3)12-17(15)18/h10-14,18-19H,4-9H2,1-3H3. The second kappa shape index (κ2) is 6.37. The monoisotopic (exact) mass is 288 g/mol. The van der Waals surface area contributed by atoms with Crippen molar-refractivity contribution in [2.75, 3.05) is 7.11 Å². The Morgan fingerprint density at radius 1 is 1.10 bits per heavy atom. The van der Waals surface area contributed by atoms with Crippen molar-refractivity contribution in [1.82, 2.24) is 10.4 Å². The molecule has 3 rings (SSSR count). The molecule has 0 saturated carbocycles. The number of nitrogens with zero attached hydrogens (tertiary/aromatic N) is 1. The van der Waals surface area contributed by atoms with Crippen LogP contribution in [0, 0.1) is 0 Å². The number of ether oxygens (including phenoxy) is 1. The molecule has 21 heavy (non-hydrogen) atoms. The Morgan fingerprint density at radius 3 is 2.57 bits per heavy atom. The van der Waals surface area contributed by atoms with Crippen LogP contribution in [0.25, 0.3) is 0 Å². The van der Waals surface area contributed by atoms with Gasteiger partial charge in [-0.3, -0.25) is 0 Å². The van der Waals surface area contributed by atoms with Crippen molar-refractivity contribution in [3.63, 3.8) is 0 Å². The highest BCUT2D eigenvalue weighted by Gasteiger charge is 2.29. The van der Waals surface area contributed by atoms with Crippen LogP contribution in [0.3, 0.4) is 0 Å². The lowest BCUT2D eigenvalue weighted by Gasteiger charge is -2.42. The maximum absolute atomic E-state index is 5.42. The highest BCUT2D eigenvalue weighted by molar-refractivity contribution is 5.39. The summed E-state index contributed by atoms with van der Waals surface area (Å²) in [6.45, 7) is 4.69. The topological polar surface area (TPSA) is 24.5 Å². The fraction of sp³-hybridized carbons (Fsp3) is 0.667. The Labute approximate surface area is 128 Å². The molecule has 1 aliphatic carbocycles. The van der Waals surface area contributed by atoms with Crippen molar-refractivity contribution in [3.05, 3.63) is 29.3 Å². The number of hydrazine groups is 1. The largest absolute Gasteiger partial charge is 0.497 e. The molecule has 2 aliphatic rings. The van der Waals surface area contributed by atoms with Gasteiger partial charge in [0.25, 0.3) is 0 Å². The zero-order valence-electron chi connectivity index (χ0n) is 13.6. The average molecular weight is 288 g/mol. The Kier molecular flexibility index (Phi) is 4.51. The van der Waals surface area contributed by atoms with Crippen LogP contribution >= 0.6 is 0 Å². The number of benzene rings is 1. The molecule has 3 heteroatoms. The van der Waals surface area contributed by atoms with Gasteiger partial charge in [0.2, 0.25) is 0 Å². The highest BCUT2D eigenvalue weighted by atomic mass is 16.5. The Bertz CT molecular complexity index is 478. The van der Waals surface area contributed by atoms with Crippen LogP contribution in [-0.4, -0.2) is 24.2 Å².